The van der Waals surface area contributed by atoms with Crippen molar-refractivity contribution in [3.63, 3.8) is 0 Å². The Kier molecular flexibility index (Phi) is 4.90. The van der Waals surface area contributed by atoms with Gasteiger partial charge in [0.15, 0.2) is 11.6 Å². The zero-order chi connectivity index (χ0) is 17.0. The number of carbonyl (C=O) groups is 2. The summed E-state index contributed by atoms with van der Waals surface area (Å²) in [7, 11) is 1.41. The van der Waals surface area contributed by atoms with Crippen molar-refractivity contribution in [3.8, 4) is 5.75 Å². The topological polar surface area (TPSA) is 67.4 Å². The Hall–Kier alpha value is -2.96. The van der Waals surface area contributed by atoms with Gasteiger partial charge in [-0.3, -0.25) is 9.59 Å². The van der Waals surface area contributed by atoms with E-state index < -0.39 is 23.4 Å². The number of ether oxygens (including phenoxy) is 1. The lowest BCUT2D eigenvalue weighted by atomic mass is 10.1. The van der Waals surface area contributed by atoms with Gasteiger partial charge in [-0.25, -0.2) is 8.78 Å². The monoisotopic (exact) mass is 320 g/mol. The second-order valence-electron chi connectivity index (χ2n) is 4.65. The SMILES string of the molecule is COc1ccccc1C(=O)Nc1cc(F)c(F)cc1NC(C)=O. The molecular formula is C16H14F2N2O3. The van der Waals surface area contributed by atoms with Gasteiger partial charge in [0, 0.05) is 19.1 Å². The summed E-state index contributed by atoms with van der Waals surface area (Å²) >= 11 is 0. The maximum atomic E-state index is 13.4. The molecule has 0 saturated heterocycles. The van der Waals surface area contributed by atoms with Crippen molar-refractivity contribution in [3.05, 3.63) is 53.6 Å². The summed E-state index contributed by atoms with van der Waals surface area (Å²) in [4.78, 5) is 23.5. The molecule has 0 aliphatic carbocycles. The Balaban J connectivity index is 2.36. The first-order valence-electron chi connectivity index (χ1n) is 6.63. The molecule has 7 heteroatoms. The van der Waals surface area contributed by atoms with Crippen molar-refractivity contribution in [1.82, 2.24) is 0 Å². The first-order chi connectivity index (χ1) is 10.9. The largest absolute Gasteiger partial charge is 0.496 e. The maximum Gasteiger partial charge on any atom is 0.259 e. The minimum Gasteiger partial charge on any atom is -0.496 e. The van der Waals surface area contributed by atoms with E-state index in [1.54, 1.807) is 18.2 Å². The van der Waals surface area contributed by atoms with E-state index in [9.17, 15) is 18.4 Å². The van der Waals surface area contributed by atoms with Crippen molar-refractivity contribution in [2.75, 3.05) is 17.7 Å². The van der Waals surface area contributed by atoms with Gasteiger partial charge < -0.3 is 15.4 Å². The number of halogens is 2. The molecule has 0 radical (unpaired) electrons. The highest BCUT2D eigenvalue weighted by Crippen LogP contribution is 2.27. The first-order valence-corrected chi connectivity index (χ1v) is 6.63. The summed E-state index contributed by atoms with van der Waals surface area (Å²) in [6.45, 7) is 1.22. The van der Waals surface area contributed by atoms with E-state index in [2.05, 4.69) is 10.6 Å². The number of anilines is 2. The molecule has 0 atom stereocenters. The Labute approximate surface area is 131 Å². The Morgan fingerprint density at radius 3 is 2.13 bits per heavy atom. The molecule has 0 aliphatic heterocycles. The Bertz CT molecular complexity index is 763. The number of amides is 2. The zero-order valence-corrected chi connectivity index (χ0v) is 12.4. The quantitative estimate of drug-likeness (QED) is 0.909. The van der Waals surface area contributed by atoms with Crippen LogP contribution in [-0.4, -0.2) is 18.9 Å². The average molecular weight is 320 g/mol. The number of rotatable bonds is 4. The van der Waals surface area contributed by atoms with Gasteiger partial charge >= 0.3 is 0 Å². The van der Waals surface area contributed by atoms with Gasteiger partial charge in [-0.1, -0.05) is 12.1 Å². The lowest BCUT2D eigenvalue weighted by Crippen LogP contribution is -2.16. The van der Waals surface area contributed by atoms with Crippen LogP contribution in [0.4, 0.5) is 20.2 Å². The highest BCUT2D eigenvalue weighted by atomic mass is 19.2. The average Bonchev–Trinajstić information content (AvgIpc) is 2.51. The van der Waals surface area contributed by atoms with Crippen molar-refractivity contribution >= 4 is 23.2 Å². The fourth-order valence-electron chi connectivity index (χ4n) is 1.97. The molecule has 2 aromatic carbocycles. The fourth-order valence-corrected chi connectivity index (χ4v) is 1.97. The second-order valence-corrected chi connectivity index (χ2v) is 4.65. The van der Waals surface area contributed by atoms with Crippen molar-refractivity contribution in [1.29, 1.82) is 0 Å². The third kappa shape index (κ3) is 3.82. The summed E-state index contributed by atoms with van der Waals surface area (Å²) in [6.07, 6.45) is 0. The maximum absolute atomic E-state index is 13.4. The number of para-hydroxylation sites is 1. The van der Waals surface area contributed by atoms with Crippen molar-refractivity contribution < 1.29 is 23.1 Å². The van der Waals surface area contributed by atoms with Crippen LogP contribution in [0.1, 0.15) is 17.3 Å². The zero-order valence-electron chi connectivity index (χ0n) is 12.4. The van der Waals surface area contributed by atoms with Crippen LogP contribution in [0.5, 0.6) is 5.75 Å². The van der Waals surface area contributed by atoms with Crippen LogP contribution in [-0.2, 0) is 4.79 Å². The first kappa shape index (κ1) is 16.4. The molecule has 120 valence electrons. The normalized spacial score (nSPS) is 10.1. The van der Waals surface area contributed by atoms with E-state index >= 15 is 0 Å². The van der Waals surface area contributed by atoms with E-state index in [0.717, 1.165) is 12.1 Å². The number of hydrogen-bond acceptors (Lipinski definition) is 3. The van der Waals surface area contributed by atoms with Crippen LogP contribution in [0.3, 0.4) is 0 Å². The number of nitrogens with one attached hydrogen (secondary N) is 2. The summed E-state index contributed by atoms with van der Waals surface area (Å²) in [5.41, 5.74) is 0.114. The van der Waals surface area contributed by atoms with Crippen LogP contribution in [0.25, 0.3) is 0 Å². The smallest absolute Gasteiger partial charge is 0.259 e. The molecular weight excluding hydrogens is 306 g/mol. The molecule has 0 spiro atoms. The summed E-state index contributed by atoms with van der Waals surface area (Å²) < 4.78 is 31.8. The van der Waals surface area contributed by atoms with Crippen LogP contribution >= 0.6 is 0 Å². The molecule has 2 aromatic rings. The Morgan fingerprint density at radius 1 is 1.00 bits per heavy atom. The lowest BCUT2D eigenvalue weighted by Gasteiger charge is -2.13. The van der Waals surface area contributed by atoms with E-state index in [1.165, 1.54) is 20.1 Å². The molecule has 23 heavy (non-hydrogen) atoms. The molecule has 0 heterocycles. The number of methoxy groups -OCH3 is 1. The van der Waals surface area contributed by atoms with Gasteiger partial charge in [0.05, 0.1) is 24.0 Å². The van der Waals surface area contributed by atoms with Gasteiger partial charge in [0.2, 0.25) is 5.91 Å². The number of hydrogen-bond donors (Lipinski definition) is 2. The highest BCUT2D eigenvalue weighted by molar-refractivity contribution is 6.08. The molecule has 0 saturated carbocycles. The van der Waals surface area contributed by atoms with E-state index in [4.69, 9.17) is 4.74 Å². The summed E-state index contributed by atoms with van der Waals surface area (Å²) in [5, 5.41) is 4.77. The molecule has 2 N–H and O–H groups in total. The third-order valence-corrected chi connectivity index (χ3v) is 2.97. The van der Waals surface area contributed by atoms with Crippen molar-refractivity contribution in [2.45, 2.75) is 6.92 Å². The molecule has 5 nitrogen and oxygen atoms in total. The van der Waals surface area contributed by atoms with Gasteiger partial charge in [-0.15, -0.1) is 0 Å². The summed E-state index contributed by atoms with van der Waals surface area (Å²) in [6, 6.07) is 8.04. The molecule has 0 aromatic heterocycles. The van der Waals surface area contributed by atoms with Gasteiger partial charge in [0.25, 0.3) is 5.91 Å². The number of carbonyl (C=O) groups excluding carboxylic acids is 2. The van der Waals surface area contributed by atoms with E-state index in [-0.39, 0.29) is 16.9 Å². The predicted octanol–water partition coefficient (Wildman–Crippen LogP) is 3.18. The third-order valence-electron chi connectivity index (χ3n) is 2.97. The molecule has 2 rings (SSSR count). The lowest BCUT2D eigenvalue weighted by molar-refractivity contribution is -0.114. The van der Waals surface area contributed by atoms with Gasteiger partial charge in [-0.05, 0) is 12.1 Å². The van der Waals surface area contributed by atoms with Gasteiger partial charge in [-0.2, -0.15) is 0 Å². The molecule has 0 bridgehead atoms. The molecule has 0 unspecified atom stereocenters. The highest BCUT2D eigenvalue weighted by Gasteiger charge is 2.16. The van der Waals surface area contributed by atoms with Gasteiger partial charge in [0.1, 0.15) is 5.75 Å². The fraction of sp³-hybridized carbons (Fsp3) is 0.125. The Morgan fingerprint density at radius 2 is 1.57 bits per heavy atom. The van der Waals surface area contributed by atoms with Crippen LogP contribution in [0.15, 0.2) is 36.4 Å². The minimum atomic E-state index is -1.14. The number of benzene rings is 2. The van der Waals surface area contributed by atoms with E-state index in [0.29, 0.717) is 5.75 Å². The minimum absolute atomic E-state index is 0.0420. The van der Waals surface area contributed by atoms with Crippen LogP contribution in [0.2, 0.25) is 0 Å². The molecule has 0 fully saturated rings. The van der Waals surface area contributed by atoms with Crippen LogP contribution in [0, 0.1) is 11.6 Å². The summed E-state index contributed by atoms with van der Waals surface area (Å²) in [5.74, 6) is -3.02. The molecule has 0 aliphatic rings. The second kappa shape index (κ2) is 6.87. The standard InChI is InChI=1S/C16H14F2N2O3/c1-9(21)19-13-7-11(17)12(18)8-14(13)20-16(22)10-5-3-4-6-15(10)23-2/h3-8H,1-2H3,(H,19,21)(H,20,22). The van der Waals surface area contributed by atoms with Crippen LogP contribution < -0.4 is 15.4 Å². The van der Waals surface area contributed by atoms with Crippen molar-refractivity contribution in [2.24, 2.45) is 0 Å². The van der Waals surface area contributed by atoms with E-state index in [1.807, 2.05) is 0 Å². The molecule has 2 amide bonds. The predicted molar refractivity (Wildman–Crippen MR) is 81.6 cm³/mol.